The quantitative estimate of drug-likeness (QED) is 0.814. The molecule has 132 valence electrons. The molecule has 0 bridgehead atoms. The van der Waals surface area contributed by atoms with Gasteiger partial charge in [0.1, 0.15) is 5.75 Å². The Morgan fingerprint density at radius 2 is 1.60 bits per heavy atom. The number of carboxylic acid groups (broad SMARTS) is 1. The molecule has 0 spiro atoms. The second-order valence-corrected chi connectivity index (χ2v) is 6.28. The van der Waals surface area contributed by atoms with Gasteiger partial charge in [-0.15, -0.1) is 0 Å². The molecule has 0 aliphatic heterocycles. The highest BCUT2D eigenvalue weighted by molar-refractivity contribution is 5.91. The summed E-state index contributed by atoms with van der Waals surface area (Å²) in [7, 11) is 2.89. The molecule has 2 rings (SSSR count). The molecule has 2 aromatic rings. The van der Waals surface area contributed by atoms with Gasteiger partial charge in [0.25, 0.3) is 0 Å². The van der Waals surface area contributed by atoms with Crippen molar-refractivity contribution in [2.75, 3.05) is 14.2 Å². The maximum atomic E-state index is 11.6. The van der Waals surface area contributed by atoms with Gasteiger partial charge in [-0.25, -0.2) is 4.79 Å². The predicted molar refractivity (Wildman–Crippen MR) is 94.2 cm³/mol. The number of benzene rings is 2. The summed E-state index contributed by atoms with van der Waals surface area (Å²) < 4.78 is 9.81. The van der Waals surface area contributed by atoms with Crippen LogP contribution in [0.4, 0.5) is 0 Å². The molecule has 0 aliphatic rings. The van der Waals surface area contributed by atoms with Gasteiger partial charge >= 0.3 is 11.9 Å². The minimum absolute atomic E-state index is 0.0681. The van der Waals surface area contributed by atoms with Crippen molar-refractivity contribution in [1.29, 1.82) is 0 Å². The number of esters is 1. The third-order valence-electron chi connectivity index (χ3n) is 4.44. The first-order valence-electron chi connectivity index (χ1n) is 7.87. The molecule has 0 aliphatic carbocycles. The number of carbonyl (C=O) groups is 2. The molecule has 0 aromatic heterocycles. The first-order chi connectivity index (χ1) is 11.8. The van der Waals surface area contributed by atoms with Crippen LogP contribution in [-0.2, 0) is 21.4 Å². The van der Waals surface area contributed by atoms with Crippen LogP contribution < -0.4 is 4.74 Å². The first-order valence-corrected chi connectivity index (χ1v) is 7.87. The summed E-state index contributed by atoms with van der Waals surface area (Å²) in [4.78, 5) is 23.1. The first kappa shape index (κ1) is 18.5. The Hall–Kier alpha value is -2.82. The van der Waals surface area contributed by atoms with E-state index in [1.54, 1.807) is 19.2 Å². The number of ether oxygens (including phenoxy) is 2. The summed E-state index contributed by atoms with van der Waals surface area (Å²) in [5.74, 6) is -0.768. The van der Waals surface area contributed by atoms with Crippen LogP contribution >= 0.6 is 0 Å². The Kier molecular flexibility index (Phi) is 5.47. The molecule has 0 radical (unpaired) electrons. The van der Waals surface area contributed by atoms with E-state index in [9.17, 15) is 14.7 Å². The zero-order valence-electron chi connectivity index (χ0n) is 14.8. The van der Waals surface area contributed by atoms with Crippen molar-refractivity contribution in [1.82, 2.24) is 0 Å². The lowest BCUT2D eigenvalue weighted by molar-refractivity contribution is -0.139. The molecule has 0 heterocycles. The number of hydrogen-bond acceptors (Lipinski definition) is 4. The van der Waals surface area contributed by atoms with E-state index < -0.39 is 17.4 Å². The van der Waals surface area contributed by atoms with Crippen molar-refractivity contribution < 1.29 is 24.2 Å². The summed E-state index contributed by atoms with van der Waals surface area (Å²) >= 11 is 0. The lowest BCUT2D eigenvalue weighted by atomic mass is 9.77. The van der Waals surface area contributed by atoms with Crippen LogP contribution in [0.3, 0.4) is 0 Å². The molecule has 25 heavy (non-hydrogen) atoms. The Bertz CT molecular complexity index is 775. The average Bonchev–Trinajstić information content (AvgIpc) is 2.61. The van der Waals surface area contributed by atoms with Crippen LogP contribution in [0.2, 0.25) is 0 Å². The minimum Gasteiger partial charge on any atom is -0.497 e. The van der Waals surface area contributed by atoms with Crippen LogP contribution in [-0.4, -0.2) is 31.3 Å². The molecule has 0 saturated heterocycles. The Labute approximate surface area is 147 Å². The van der Waals surface area contributed by atoms with Crippen LogP contribution in [0.25, 0.3) is 0 Å². The molecule has 2 aromatic carbocycles. The minimum atomic E-state index is -1.06. The monoisotopic (exact) mass is 342 g/mol. The molecular formula is C20H22O5. The van der Waals surface area contributed by atoms with Crippen LogP contribution in [0.15, 0.2) is 42.5 Å². The fourth-order valence-corrected chi connectivity index (χ4v) is 2.72. The Morgan fingerprint density at radius 1 is 1.00 bits per heavy atom. The molecule has 0 saturated carbocycles. The van der Waals surface area contributed by atoms with E-state index in [2.05, 4.69) is 4.74 Å². The maximum Gasteiger partial charge on any atom is 0.335 e. The van der Waals surface area contributed by atoms with Crippen molar-refractivity contribution in [2.45, 2.75) is 25.7 Å². The van der Waals surface area contributed by atoms with Gasteiger partial charge in [0.05, 0.1) is 26.2 Å². The highest BCUT2D eigenvalue weighted by Gasteiger charge is 2.25. The lowest BCUT2D eigenvalue weighted by Crippen LogP contribution is -2.20. The van der Waals surface area contributed by atoms with E-state index >= 15 is 0 Å². The van der Waals surface area contributed by atoms with Gasteiger partial charge in [-0.05, 0) is 34.9 Å². The molecular weight excluding hydrogens is 320 g/mol. The highest BCUT2D eigenvalue weighted by Crippen LogP contribution is 2.33. The van der Waals surface area contributed by atoms with Crippen molar-refractivity contribution in [2.24, 2.45) is 0 Å². The smallest absolute Gasteiger partial charge is 0.335 e. The second-order valence-electron chi connectivity index (χ2n) is 6.28. The van der Waals surface area contributed by atoms with Gasteiger partial charge in [-0.1, -0.05) is 38.1 Å². The topological polar surface area (TPSA) is 72.8 Å². The summed E-state index contributed by atoms with van der Waals surface area (Å²) in [6, 6.07) is 12.8. The molecule has 1 N–H and O–H groups in total. The van der Waals surface area contributed by atoms with Crippen molar-refractivity contribution in [3.8, 4) is 5.75 Å². The van der Waals surface area contributed by atoms with Crippen LogP contribution in [0.1, 0.15) is 40.9 Å². The van der Waals surface area contributed by atoms with Crippen molar-refractivity contribution in [3.63, 3.8) is 0 Å². The van der Waals surface area contributed by atoms with Gasteiger partial charge < -0.3 is 14.6 Å². The summed E-state index contributed by atoms with van der Waals surface area (Å²) in [6.07, 6.45) is -0.0681. The molecule has 5 heteroatoms. The van der Waals surface area contributed by atoms with E-state index in [0.717, 1.165) is 16.9 Å². The normalized spacial score (nSPS) is 11.0. The molecule has 0 atom stereocenters. The molecule has 5 nitrogen and oxygen atoms in total. The number of hydrogen-bond donors (Lipinski definition) is 1. The second kappa shape index (κ2) is 7.38. The van der Waals surface area contributed by atoms with Crippen molar-refractivity contribution >= 4 is 11.9 Å². The number of methoxy groups -OCH3 is 2. The van der Waals surface area contributed by atoms with Gasteiger partial charge in [0.2, 0.25) is 0 Å². The number of aromatic carboxylic acids is 1. The van der Waals surface area contributed by atoms with E-state index in [4.69, 9.17) is 4.74 Å². The fourth-order valence-electron chi connectivity index (χ4n) is 2.72. The Balaban J connectivity index is 2.44. The van der Waals surface area contributed by atoms with Crippen LogP contribution in [0, 0.1) is 0 Å². The highest BCUT2D eigenvalue weighted by atomic mass is 16.5. The largest absolute Gasteiger partial charge is 0.497 e. The number of rotatable bonds is 6. The maximum absolute atomic E-state index is 11.6. The van der Waals surface area contributed by atoms with Gasteiger partial charge in [0.15, 0.2) is 0 Å². The third kappa shape index (κ3) is 3.99. The standard InChI is InChI=1S/C20H22O5/c1-20(2,14-7-9-16(24-3)10-8-14)15-6-5-13(11-18(21)25-4)17(12-15)19(22)23/h5-10,12H,11H2,1-4H3,(H,22,23). The fraction of sp³-hybridized carbons (Fsp3) is 0.300. The van der Waals surface area contributed by atoms with Crippen LogP contribution in [0.5, 0.6) is 5.75 Å². The van der Waals surface area contributed by atoms with Gasteiger partial charge in [-0.2, -0.15) is 0 Å². The zero-order chi connectivity index (χ0) is 18.6. The predicted octanol–water partition coefficient (Wildman–Crippen LogP) is 3.43. The molecule has 0 amide bonds. The van der Waals surface area contributed by atoms with Gasteiger partial charge in [-0.3, -0.25) is 4.79 Å². The number of carbonyl (C=O) groups excluding carboxylic acids is 1. The van der Waals surface area contributed by atoms with E-state index in [-0.39, 0.29) is 12.0 Å². The zero-order valence-corrected chi connectivity index (χ0v) is 14.8. The third-order valence-corrected chi connectivity index (χ3v) is 4.44. The molecule has 0 unspecified atom stereocenters. The SMILES string of the molecule is COC(=O)Cc1ccc(C(C)(C)c2ccc(OC)cc2)cc1C(=O)O. The van der Waals surface area contributed by atoms with E-state index in [0.29, 0.717) is 5.56 Å². The van der Waals surface area contributed by atoms with Crippen molar-refractivity contribution in [3.05, 3.63) is 64.7 Å². The van der Waals surface area contributed by atoms with E-state index in [1.165, 1.54) is 7.11 Å². The lowest BCUT2D eigenvalue weighted by Gasteiger charge is -2.27. The summed E-state index contributed by atoms with van der Waals surface area (Å²) in [6.45, 7) is 4.05. The number of carboxylic acids is 1. The Morgan fingerprint density at radius 3 is 2.12 bits per heavy atom. The average molecular weight is 342 g/mol. The van der Waals surface area contributed by atoms with E-state index in [1.807, 2.05) is 44.2 Å². The summed E-state index contributed by atoms with van der Waals surface area (Å²) in [5.41, 5.74) is 2.03. The molecule has 0 fully saturated rings. The van der Waals surface area contributed by atoms with Gasteiger partial charge in [0, 0.05) is 5.41 Å². The summed E-state index contributed by atoms with van der Waals surface area (Å²) in [5, 5.41) is 9.51.